The van der Waals surface area contributed by atoms with Gasteiger partial charge in [-0.3, -0.25) is 4.90 Å². The fourth-order valence-electron chi connectivity index (χ4n) is 4.16. The summed E-state index contributed by atoms with van der Waals surface area (Å²) < 4.78 is 39.8. The predicted octanol–water partition coefficient (Wildman–Crippen LogP) is 4.89. The van der Waals surface area contributed by atoms with Crippen molar-refractivity contribution in [3.05, 3.63) is 34.3 Å². The van der Waals surface area contributed by atoms with Gasteiger partial charge in [0.05, 0.1) is 10.6 Å². The lowest BCUT2D eigenvalue weighted by atomic mass is 9.79. The molecule has 1 aromatic rings. The lowest BCUT2D eigenvalue weighted by Crippen LogP contribution is -2.47. The Morgan fingerprint density at radius 1 is 1.08 bits per heavy atom. The van der Waals surface area contributed by atoms with E-state index >= 15 is 0 Å². The van der Waals surface area contributed by atoms with Crippen molar-refractivity contribution in [1.29, 1.82) is 0 Å². The molecule has 2 fully saturated rings. The summed E-state index contributed by atoms with van der Waals surface area (Å²) in [5.74, 6) is 0.387. The van der Waals surface area contributed by atoms with Crippen LogP contribution in [0.15, 0.2) is 18.2 Å². The van der Waals surface area contributed by atoms with Gasteiger partial charge in [-0.1, -0.05) is 43.0 Å². The first-order valence-corrected chi connectivity index (χ1v) is 9.16. The zero-order valence-electron chi connectivity index (χ0n) is 13.7. The van der Waals surface area contributed by atoms with Crippen molar-refractivity contribution in [3.8, 4) is 0 Å². The van der Waals surface area contributed by atoms with E-state index in [9.17, 15) is 13.2 Å². The molecular weight excluding hydrogens is 337 g/mol. The maximum absolute atomic E-state index is 13.3. The second-order valence-corrected chi connectivity index (χ2v) is 7.21. The molecule has 1 saturated carbocycles. The third kappa shape index (κ3) is 3.89. The third-order valence-electron chi connectivity index (χ3n) is 5.29. The van der Waals surface area contributed by atoms with Gasteiger partial charge in [0.1, 0.15) is 0 Å². The van der Waals surface area contributed by atoms with E-state index in [-0.39, 0.29) is 11.1 Å². The van der Waals surface area contributed by atoms with Crippen molar-refractivity contribution < 1.29 is 13.2 Å². The minimum Gasteiger partial charge on any atom is -0.314 e. The largest absolute Gasteiger partial charge is 0.417 e. The van der Waals surface area contributed by atoms with Crippen LogP contribution in [0.1, 0.15) is 49.3 Å². The molecule has 134 valence electrons. The molecule has 6 heteroatoms. The zero-order chi connectivity index (χ0) is 17.2. The quantitative estimate of drug-likeness (QED) is 0.826. The number of piperazine rings is 1. The van der Waals surface area contributed by atoms with Crippen molar-refractivity contribution >= 4 is 11.6 Å². The van der Waals surface area contributed by atoms with Crippen molar-refractivity contribution in [2.75, 3.05) is 26.2 Å². The zero-order valence-corrected chi connectivity index (χ0v) is 14.5. The topological polar surface area (TPSA) is 15.3 Å². The molecule has 0 unspecified atom stereocenters. The number of benzene rings is 1. The number of hydrogen-bond donors (Lipinski definition) is 1. The molecule has 2 nitrogen and oxygen atoms in total. The first-order chi connectivity index (χ1) is 11.5. The van der Waals surface area contributed by atoms with Gasteiger partial charge in [0.2, 0.25) is 0 Å². The van der Waals surface area contributed by atoms with E-state index in [2.05, 4.69) is 10.2 Å². The molecule has 1 aromatic carbocycles. The van der Waals surface area contributed by atoms with Crippen LogP contribution in [0.2, 0.25) is 5.02 Å². The smallest absolute Gasteiger partial charge is 0.314 e. The minimum atomic E-state index is -4.41. The number of halogens is 4. The van der Waals surface area contributed by atoms with Crippen LogP contribution in [-0.4, -0.2) is 31.1 Å². The van der Waals surface area contributed by atoms with Crippen molar-refractivity contribution in [3.63, 3.8) is 0 Å². The van der Waals surface area contributed by atoms with E-state index in [0.29, 0.717) is 11.5 Å². The molecule has 0 spiro atoms. The summed E-state index contributed by atoms with van der Waals surface area (Å²) in [5, 5.41) is 3.21. The molecule has 0 amide bonds. The lowest BCUT2D eigenvalue weighted by molar-refractivity contribution is -0.137. The Morgan fingerprint density at radius 2 is 1.75 bits per heavy atom. The van der Waals surface area contributed by atoms with Gasteiger partial charge in [-0.15, -0.1) is 0 Å². The van der Waals surface area contributed by atoms with Crippen LogP contribution < -0.4 is 5.32 Å². The lowest BCUT2D eigenvalue weighted by Gasteiger charge is -2.41. The Labute approximate surface area is 146 Å². The summed E-state index contributed by atoms with van der Waals surface area (Å²) in [6.45, 7) is 3.46. The highest BCUT2D eigenvalue weighted by molar-refractivity contribution is 6.32. The average Bonchev–Trinajstić information content (AvgIpc) is 2.58. The van der Waals surface area contributed by atoms with E-state index in [1.54, 1.807) is 6.07 Å². The molecule has 1 aliphatic carbocycles. The molecular formula is C18H24ClF3N2. The van der Waals surface area contributed by atoms with Crippen LogP contribution in [0.3, 0.4) is 0 Å². The molecule has 1 N–H and O–H groups in total. The van der Waals surface area contributed by atoms with E-state index in [1.165, 1.54) is 12.5 Å². The van der Waals surface area contributed by atoms with Crippen LogP contribution in [0.4, 0.5) is 13.2 Å². The number of rotatable bonds is 3. The SMILES string of the molecule is FC(F)(F)c1cccc([C@H](C2CCCCC2)N2CCNCC2)c1Cl. The molecule has 1 aliphatic heterocycles. The van der Waals surface area contributed by atoms with Crippen molar-refractivity contribution in [2.45, 2.75) is 44.3 Å². The van der Waals surface area contributed by atoms with Crippen LogP contribution in [0.25, 0.3) is 0 Å². The highest BCUT2D eigenvalue weighted by Crippen LogP contribution is 2.44. The Bertz CT molecular complexity index is 532. The molecule has 0 radical (unpaired) electrons. The summed E-state index contributed by atoms with van der Waals surface area (Å²) in [6, 6.07) is 4.37. The maximum atomic E-state index is 13.3. The first kappa shape index (κ1) is 18.0. The van der Waals surface area contributed by atoms with Gasteiger partial charge in [-0.25, -0.2) is 0 Å². The predicted molar refractivity (Wildman–Crippen MR) is 90.2 cm³/mol. The first-order valence-electron chi connectivity index (χ1n) is 8.79. The summed E-state index contributed by atoms with van der Waals surface area (Å²) >= 11 is 6.26. The highest BCUT2D eigenvalue weighted by atomic mass is 35.5. The molecule has 3 rings (SSSR count). The average molecular weight is 361 g/mol. The van der Waals surface area contributed by atoms with Crippen molar-refractivity contribution in [2.24, 2.45) is 5.92 Å². The molecule has 1 atom stereocenters. The molecule has 0 bridgehead atoms. The normalized spacial score (nSPS) is 22.5. The van der Waals surface area contributed by atoms with Crippen LogP contribution >= 0.6 is 11.6 Å². The van der Waals surface area contributed by atoms with Crippen LogP contribution in [0.5, 0.6) is 0 Å². The maximum Gasteiger partial charge on any atom is 0.417 e. The van der Waals surface area contributed by atoms with Gasteiger partial charge < -0.3 is 5.32 Å². The standard InChI is InChI=1S/C18H24ClF3N2/c19-16-14(7-4-8-15(16)18(20,21)22)17(13-5-2-1-3-6-13)24-11-9-23-10-12-24/h4,7-8,13,17,23H,1-3,5-6,9-12H2/t17-/m0/s1. The Hall–Kier alpha value is -0.780. The van der Waals surface area contributed by atoms with Gasteiger partial charge in [0, 0.05) is 32.2 Å². The Balaban J connectivity index is 1.98. The monoisotopic (exact) mass is 360 g/mol. The molecule has 24 heavy (non-hydrogen) atoms. The number of nitrogens with one attached hydrogen (secondary N) is 1. The fourth-order valence-corrected chi connectivity index (χ4v) is 4.50. The molecule has 1 saturated heterocycles. The van der Waals surface area contributed by atoms with Crippen molar-refractivity contribution in [1.82, 2.24) is 10.2 Å². The van der Waals surface area contributed by atoms with Gasteiger partial charge in [-0.2, -0.15) is 13.2 Å². The van der Waals surface area contributed by atoms with E-state index < -0.39 is 11.7 Å². The fraction of sp³-hybridized carbons (Fsp3) is 0.667. The summed E-state index contributed by atoms with van der Waals surface area (Å²) in [4.78, 5) is 2.33. The number of nitrogens with zero attached hydrogens (tertiary/aromatic N) is 1. The second kappa shape index (κ2) is 7.63. The van der Waals surface area contributed by atoms with E-state index in [1.807, 2.05) is 0 Å². The van der Waals surface area contributed by atoms with Crippen LogP contribution in [-0.2, 0) is 6.18 Å². The number of hydrogen-bond acceptors (Lipinski definition) is 2. The van der Waals surface area contributed by atoms with Gasteiger partial charge in [-0.05, 0) is 30.4 Å². The Kier molecular flexibility index (Phi) is 5.73. The van der Waals surface area contributed by atoms with Gasteiger partial charge >= 0.3 is 6.18 Å². The highest BCUT2D eigenvalue weighted by Gasteiger charge is 2.37. The number of alkyl halides is 3. The Morgan fingerprint density at radius 3 is 2.38 bits per heavy atom. The molecule has 0 aromatic heterocycles. The van der Waals surface area contributed by atoms with E-state index in [0.717, 1.165) is 57.9 Å². The van der Waals surface area contributed by atoms with E-state index in [4.69, 9.17) is 11.6 Å². The molecule has 2 aliphatic rings. The summed E-state index contributed by atoms with van der Waals surface area (Å²) in [5.41, 5.74) is -0.0575. The summed E-state index contributed by atoms with van der Waals surface area (Å²) in [6.07, 6.45) is 1.27. The molecule has 1 heterocycles. The second-order valence-electron chi connectivity index (χ2n) is 6.84. The third-order valence-corrected chi connectivity index (χ3v) is 5.72. The van der Waals surface area contributed by atoms with Gasteiger partial charge in [0.25, 0.3) is 0 Å². The van der Waals surface area contributed by atoms with Gasteiger partial charge in [0.15, 0.2) is 0 Å². The van der Waals surface area contributed by atoms with Crippen LogP contribution in [0, 0.1) is 5.92 Å². The minimum absolute atomic E-state index is 0.0119. The summed E-state index contributed by atoms with van der Waals surface area (Å²) in [7, 11) is 0.